The second kappa shape index (κ2) is 5.59. The van der Waals surface area contributed by atoms with Crippen molar-refractivity contribution in [2.24, 2.45) is 0 Å². The molecule has 0 spiro atoms. The van der Waals surface area contributed by atoms with Gasteiger partial charge in [-0.15, -0.1) is 0 Å². The summed E-state index contributed by atoms with van der Waals surface area (Å²) >= 11 is 3.87. The Morgan fingerprint density at radius 2 is 1.76 bits per heavy atom. The molecule has 112 valence electrons. The van der Waals surface area contributed by atoms with Crippen molar-refractivity contribution in [3.8, 4) is 0 Å². The molecule has 0 saturated carbocycles. The summed E-state index contributed by atoms with van der Waals surface area (Å²) in [6.45, 7) is 1.70. The topological polar surface area (TPSA) is 32.3 Å². The summed E-state index contributed by atoms with van der Waals surface area (Å²) in [6, 6.07) is 6.31. The molecule has 3 nitrogen and oxygen atoms in total. The second-order valence-corrected chi connectivity index (χ2v) is 5.56. The van der Waals surface area contributed by atoms with Crippen molar-refractivity contribution >= 4 is 29.9 Å². The number of aryl methyl sites for hydroxylation is 1. The molecule has 0 fully saturated rings. The molecule has 0 amide bonds. The lowest BCUT2D eigenvalue weighted by Gasteiger charge is -2.21. The van der Waals surface area contributed by atoms with Crippen molar-refractivity contribution in [3.63, 3.8) is 0 Å². The maximum absolute atomic E-state index is 14.0. The number of halogens is 3. The fraction of sp³-hybridized carbons (Fsp3) is 0.143. The minimum atomic E-state index is -1.22. The Labute approximate surface area is 125 Å². The van der Waals surface area contributed by atoms with Crippen molar-refractivity contribution in [3.05, 3.63) is 53.3 Å². The molecule has 7 heteroatoms. The standard InChI is InChI=1S/C14H14F3N2OS/c1-8-3-5-11(10(16)7-8)18-14-12(19(2,20)21)6-4-9(15)13(14)17/h3-7,18,20-21H,1-2H3/q+1. The molecular weight excluding hydrogens is 301 g/mol. The van der Waals surface area contributed by atoms with Crippen LogP contribution in [0.3, 0.4) is 0 Å². The number of rotatable bonds is 3. The van der Waals surface area contributed by atoms with Crippen LogP contribution in [0, 0.1) is 24.4 Å². The number of thiol groups is 1. The van der Waals surface area contributed by atoms with Crippen LogP contribution in [0.15, 0.2) is 30.3 Å². The van der Waals surface area contributed by atoms with E-state index in [1.807, 2.05) is 0 Å². The average molecular weight is 315 g/mol. The predicted molar refractivity (Wildman–Crippen MR) is 79.3 cm³/mol. The average Bonchev–Trinajstić information content (AvgIpc) is 2.36. The highest BCUT2D eigenvalue weighted by atomic mass is 32.1. The first-order chi connectivity index (χ1) is 9.70. The molecule has 2 rings (SSSR count). The predicted octanol–water partition coefficient (Wildman–Crippen LogP) is 4.33. The fourth-order valence-corrected chi connectivity index (χ4v) is 2.04. The van der Waals surface area contributed by atoms with Gasteiger partial charge in [-0.05, 0) is 30.7 Å². The molecule has 0 saturated heterocycles. The van der Waals surface area contributed by atoms with Crippen molar-refractivity contribution in [1.29, 1.82) is 0 Å². The van der Waals surface area contributed by atoms with Crippen molar-refractivity contribution < 1.29 is 18.4 Å². The number of quaternary nitrogens is 1. The Balaban J connectivity index is 2.55. The van der Waals surface area contributed by atoms with Crippen molar-refractivity contribution in [2.75, 3.05) is 12.4 Å². The second-order valence-electron chi connectivity index (χ2n) is 4.78. The Hall–Kier alpha value is -1.70. The van der Waals surface area contributed by atoms with Crippen LogP contribution in [0.25, 0.3) is 0 Å². The van der Waals surface area contributed by atoms with Crippen molar-refractivity contribution in [2.45, 2.75) is 6.92 Å². The van der Waals surface area contributed by atoms with Gasteiger partial charge in [0.1, 0.15) is 18.6 Å². The van der Waals surface area contributed by atoms with Gasteiger partial charge in [-0.2, -0.15) is 5.21 Å². The fourth-order valence-electron chi connectivity index (χ4n) is 1.87. The molecule has 2 aromatic carbocycles. The third kappa shape index (κ3) is 3.31. The zero-order chi connectivity index (χ0) is 15.8. The van der Waals surface area contributed by atoms with Crippen LogP contribution >= 0.6 is 12.8 Å². The Morgan fingerprint density at radius 1 is 1.10 bits per heavy atom. The van der Waals surface area contributed by atoms with E-state index in [-0.39, 0.29) is 17.1 Å². The minimum Gasteiger partial charge on any atom is -0.346 e. The van der Waals surface area contributed by atoms with Gasteiger partial charge in [0, 0.05) is 6.07 Å². The highest BCUT2D eigenvalue weighted by Gasteiger charge is 2.28. The quantitative estimate of drug-likeness (QED) is 0.447. The molecule has 1 atom stereocenters. The molecule has 0 aromatic heterocycles. The first kappa shape index (κ1) is 15.7. The van der Waals surface area contributed by atoms with Gasteiger partial charge < -0.3 is 5.32 Å². The van der Waals surface area contributed by atoms with Crippen LogP contribution in [0.2, 0.25) is 0 Å². The van der Waals surface area contributed by atoms with Crippen LogP contribution in [-0.2, 0) is 0 Å². The lowest BCUT2D eigenvalue weighted by Crippen LogP contribution is -2.30. The van der Waals surface area contributed by atoms with E-state index in [0.29, 0.717) is 5.56 Å². The summed E-state index contributed by atoms with van der Waals surface area (Å²) in [6.07, 6.45) is 0. The third-order valence-electron chi connectivity index (χ3n) is 2.91. The number of nitrogens with one attached hydrogen (secondary N) is 1. The summed E-state index contributed by atoms with van der Waals surface area (Å²) in [5.74, 6) is -2.95. The van der Waals surface area contributed by atoms with Gasteiger partial charge in [-0.3, -0.25) is 0 Å². The molecule has 0 aliphatic rings. The number of benzene rings is 2. The summed E-state index contributed by atoms with van der Waals surface area (Å²) in [5, 5.41) is 12.3. The molecule has 0 aliphatic heterocycles. The van der Waals surface area contributed by atoms with Gasteiger partial charge in [0.25, 0.3) is 0 Å². The van der Waals surface area contributed by atoms with E-state index in [4.69, 9.17) is 0 Å². The number of hydroxylamine groups is 1. The first-order valence-corrected chi connectivity index (χ1v) is 6.44. The van der Waals surface area contributed by atoms with Crippen molar-refractivity contribution in [1.82, 2.24) is 4.05 Å². The zero-order valence-corrected chi connectivity index (χ0v) is 12.3. The normalized spacial score (nSPS) is 13.9. The molecule has 0 bridgehead atoms. The van der Waals surface area contributed by atoms with E-state index in [1.165, 1.54) is 25.2 Å². The van der Waals surface area contributed by atoms with E-state index < -0.39 is 21.5 Å². The number of hydrogen-bond acceptors (Lipinski definition) is 3. The number of anilines is 2. The van der Waals surface area contributed by atoms with Crippen LogP contribution < -0.4 is 9.37 Å². The van der Waals surface area contributed by atoms with Gasteiger partial charge in [-0.1, -0.05) is 10.1 Å². The lowest BCUT2D eigenvalue weighted by molar-refractivity contribution is 0.0545. The van der Waals surface area contributed by atoms with Crippen LogP contribution in [0.5, 0.6) is 0 Å². The summed E-state index contributed by atoms with van der Waals surface area (Å²) in [7, 11) is 1.24. The number of hydrogen-bond donors (Lipinski definition) is 3. The summed E-state index contributed by atoms with van der Waals surface area (Å²) in [4.78, 5) is 0. The molecule has 2 aromatic rings. The molecule has 1 unspecified atom stereocenters. The van der Waals surface area contributed by atoms with Crippen LogP contribution in [0.4, 0.5) is 30.2 Å². The Morgan fingerprint density at radius 3 is 2.33 bits per heavy atom. The Kier molecular flexibility index (Phi) is 4.18. The highest BCUT2D eigenvalue weighted by molar-refractivity contribution is 7.79. The molecule has 0 radical (unpaired) electrons. The summed E-state index contributed by atoms with van der Waals surface area (Å²) < 4.78 is 40.2. The van der Waals surface area contributed by atoms with E-state index in [1.54, 1.807) is 13.0 Å². The van der Waals surface area contributed by atoms with Gasteiger partial charge in [-0.25, -0.2) is 13.2 Å². The van der Waals surface area contributed by atoms with Gasteiger partial charge in [0.2, 0.25) is 5.69 Å². The first-order valence-electron chi connectivity index (χ1n) is 6.04. The molecule has 0 aliphatic carbocycles. The molecule has 2 N–H and O–H groups in total. The maximum Gasteiger partial charge on any atom is 0.203 e. The third-order valence-corrected chi connectivity index (χ3v) is 3.13. The molecule has 0 heterocycles. The summed E-state index contributed by atoms with van der Waals surface area (Å²) in [5.41, 5.74) is 0.220. The number of nitrogens with zero attached hydrogens (tertiary/aromatic N) is 1. The molecular formula is C14H14F3N2OS+. The van der Waals surface area contributed by atoms with Crippen LogP contribution in [-0.4, -0.2) is 12.3 Å². The maximum atomic E-state index is 14.0. The monoisotopic (exact) mass is 315 g/mol. The largest absolute Gasteiger partial charge is 0.346 e. The smallest absolute Gasteiger partial charge is 0.203 e. The highest BCUT2D eigenvalue weighted by Crippen LogP contribution is 2.36. The van der Waals surface area contributed by atoms with Crippen LogP contribution in [0.1, 0.15) is 5.56 Å². The minimum absolute atomic E-state index is 0.0341. The zero-order valence-electron chi connectivity index (χ0n) is 11.4. The van der Waals surface area contributed by atoms with E-state index in [0.717, 1.165) is 6.07 Å². The van der Waals surface area contributed by atoms with E-state index in [9.17, 15) is 18.4 Å². The Bertz CT molecular complexity index is 687. The van der Waals surface area contributed by atoms with Gasteiger partial charge >= 0.3 is 0 Å². The SMILES string of the molecule is Cc1ccc(Nc2c([N+](C)(O)S)ccc(F)c2F)c(F)c1. The van der Waals surface area contributed by atoms with Gasteiger partial charge in [0.05, 0.1) is 18.5 Å². The van der Waals surface area contributed by atoms with Gasteiger partial charge in [0.15, 0.2) is 11.6 Å². The van der Waals surface area contributed by atoms with E-state index >= 15 is 0 Å². The molecule has 21 heavy (non-hydrogen) atoms. The van der Waals surface area contributed by atoms with E-state index in [2.05, 4.69) is 18.1 Å². The lowest BCUT2D eigenvalue weighted by atomic mass is 10.2.